The average Bonchev–Trinajstić information content (AvgIpc) is 3.04. The van der Waals surface area contributed by atoms with E-state index in [-0.39, 0.29) is 24.1 Å². The summed E-state index contributed by atoms with van der Waals surface area (Å²) in [5.74, 6) is -0.194. The smallest absolute Gasteiger partial charge is 0.254 e. The molecule has 32 heavy (non-hydrogen) atoms. The minimum Gasteiger partial charge on any atom is -0.348 e. The number of rotatable bonds is 5. The molecule has 0 aliphatic carbocycles. The maximum absolute atomic E-state index is 13.3. The molecule has 0 radical (unpaired) electrons. The van der Waals surface area contributed by atoms with Gasteiger partial charge in [-0.3, -0.25) is 9.59 Å². The van der Waals surface area contributed by atoms with E-state index in [4.69, 9.17) is 11.6 Å². The van der Waals surface area contributed by atoms with Crippen LogP contribution in [0.5, 0.6) is 0 Å². The molecule has 0 fully saturated rings. The lowest BCUT2D eigenvalue weighted by Gasteiger charge is -2.18. The van der Waals surface area contributed by atoms with Crippen LogP contribution >= 0.6 is 11.6 Å². The Morgan fingerprint density at radius 1 is 1.09 bits per heavy atom. The van der Waals surface area contributed by atoms with Gasteiger partial charge in [-0.25, -0.2) is 0 Å². The fourth-order valence-electron chi connectivity index (χ4n) is 4.43. The molecule has 0 saturated carbocycles. The minimum atomic E-state index is -0.194. The number of nitrogens with one attached hydrogen (secondary N) is 2. The van der Waals surface area contributed by atoms with E-state index in [2.05, 4.69) is 21.8 Å². The number of para-hydroxylation sites is 1. The molecular formula is C26H26ClN3O2. The van der Waals surface area contributed by atoms with Gasteiger partial charge in [0.15, 0.2) is 0 Å². The molecule has 1 unspecified atom stereocenters. The van der Waals surface area contributed by atoms with Gasteiger partial charge < -0.3 is 14.9 Å². The molecule has 0 aliphatic rings. The van der Waals surface area contributed by atoms with E-state index in [9.17, 15) is 9.59 Å². The van der Waals surface area contributed by atoms with Crippen LogP contribution in [0.3, 0.4) is 0 Å². The lowest BCUT2D eigenvalue weighted by atomic mass is 10.1. The topological polar surface area (TPSA) is 66.9 Å². The highest BCUT2D eigenvalue weighted by Crippen LogP contribution is 2.32. The molecule has 0 aliphatic heterocycles. The number of aromatic nitrogens is 2. The number of amides is 1. The van der Waals surface area contributed by atoms with Crippen molar-refractivity contribution >= 4 is 28.4 Å². The van der Waals surface area contributed by atoms with Crippen molar-refractivity contribution in [3.63, 3.8) is 0 Å². The second kappa shape index (κ2) is 8.67. The maximum Gasteiger partial charge on any atom is 0.254 e. The lowest BCUT2D eigenvalue weighted by molar-refractivity contribution is 0.0951. The first-order valence-corrected chi connectivity index (χ1v) is 11.0. The number of fused-ring (bicyclic) bond motifs is 1. The molecule has 6 heteroatoms. The predicted molar refractivity (Wildman–Crippen MR) is 130 cm³/mol. The zero-order valence-corrected chi connectivity index (χ0v) is 19.4. The molecule has 0 spiro atoms. The van der Waals surface area contributed by atoms with Crippen LogP contribution in [0, 0.1) is 20.8 Å². The Kier molecular flexibility index (Phi) is 5.94. The Balaban J connectivity index is 1.72. The lowest BCUT2D eigenvalue weighted by Crippen LogP contribution is -2.28. The van der Waals surface area contributed by atoms with Crippen molar-refractivity contribution in [2.45, 2.75) is 40.3 Å². The number of carbonyl (C=O) groups is 1. The summed E-state index contributed by atoms with van der Waals surface area (Å²) in [5.41, 5.74) is 5.66. The Bertz CT molecular complexity index is 1370. The standard InChI is InChI=1S/C26H26ClN3O2/c1-15-13-16(2)29-25(31)22(15)14-28-26(32)24-18(4)30(23-8-6-5-7-21(23)24)17(3)19-9-11-20(27)12-10-19/h5-13,17H,14H2,1-4H3,(H,28,32)(H,29,31). The Labute approximate surface area is 192 Å². The zero-order chi connectivity index (χ0) is 23.0. The molecule has 1 amide bonds. The first-order valence-electron chi connectivity index (χ1n) is 10.6. The highest BCUT2D eigenvalue weighted by Gasteiger charge is 2.23. The number of aryl methyl sites for hydroxylation is 2. The number of hydrogen-bond acceptors (Lipinski definition) is 2. The molecular weight excluding hydrogens is 422 g/mol. The van der Waals surface area contributed by atoms with Crippen molar-refractivity contribution in [2.24, 2.45) is 0 Å². The van der Waals surface area contributed by atoms with Crippen LogP contribution in [0.2, 0.25) is 5.02 Å². The van der Waals surface area contributed by atoms with Gasteiger partial charge in [-0.2, -0.15) is 0 Å². The molecule has 2 aromatic carbocycles. The number of H-pyrrole nitrogens is 1. The van der Waals surface area contributed by atoms with Crippen molar-refractivity contribution in [3.8, 4) is 0 Å². The van der Waals surface area contributed by atoms with Crippen LogP contribution in [0.15, 0.2) is 59.4 Å². The number of benzene rings is 2. The van der Waals surface area contributed by atoms with Crippen molar-refractivity contribution in [3.05, 3.63) is 104 Å². The van der Waals surface area contributed by atoms with Crippen LogP contribution in [0.1, 0.15) is 51.4 Å². The van der Waals surface area contributed by atoms with Gasteiger partial charge in [0.05, 0.1) is 11.6 Å². The third-order valence-corrected chi connectivity index (χ3v) is 6.29. The van der Waals surface area contributed by atoms with E-state index in [0.717, 1.165) is 33.4 Å². The van der Waals surface area contributed by atoms with Crippen LogP contribution in [0.25, 0.3) is 10.9 Å². The van der Waals surface area contributed by atoms with Crippen LogP contribution in [-0.4, -0.2) is 15.5 Å². The summed E-state index contributed by atoms with van der Waals surface area (Å²) < 4.78 is 2.18. The quantitative estimate of drug-likeness (QED) is 0.427. The van der Waals surface area contributed by atoms with E-state index in [0.29, 0.717) is 16.1 Å². The van der Waals surface area contributed by atoms with E-state index in [1.807, 2.05) is 75.4 Å². The van der Waals surface area contributed by atoms with E-state index >= 15 is 0 Å². The molecule has 164 valence electrons. The highest BCUT2D eigenvalue weighted by atomic mass is 35.5. The molecule has 4 rings (SSSR count). The Morgan fingerprint density at radius 3 is 2.47 bits per heavy atom. The summed E-state index contributed by atoms with van der Waals surface area (Å²) in [7, 11) is 0. The zero-order valence-electron chi connectivity index (χ0n) is 18.6. The van der Waals surface area contributed by atoms with E-state index < -0.39 is 0 Å². The fraction of sp³-hybridized carbons (Fsp3) is 0.231. The van der Waals surface area contributed by atoms with Crippen LogP contribution < -0.4 is 10.9 Å². The van der Waals surface area contributed by atoms with Crippen LogP contribution in [-0.2, 0) is 6.54 Å². The van der Waals surface area contributed by atoms with Gasteiger partial charge in [0.25, 0.3) is 11.5 Å². The summed E-state index contributed by atoms with van der Waals surface area (Å²) >= 11 is 6.07. The summed E-state index contributed by atoms with van der Waals surface area (Å²) in [6.45, 7) is 7.97. The number of halogens is 1. The first kappa shape index (κ1) is 21.9. The molecule has 0 saturated heterocycles. The Morgan fingerprint density at radius 2 is 1.78 bits per heavy atom. The molecule has 1 atom stereocenters. The Hall–Kier alpha value is -3.31. The summed E-state index contributed by atoms with van der Waals surface area (Å²) in [6, 6.07) is 17.6. The highest BCUT2D eigenvalue weighted by molar-refractivity contribution is 6.30. The largest absolute Gasteiger partial charge is 0.348 e. The van der Waals surface area contributed by atoms with Gasteiger partial charge in [-0.1, -0.05) is 41.9 Å². The third-order valence-electron chi connectivity index (χ3n) is 6.04. The molecule has 4 aromatic rings. The summed E-state index contributed by atoms with van der Waals surface area (Å²) in [5, 5.41) is 4.54. The number of nitrogens with zero attached hydrogens (tertiary/aromatic N) is 1. The predicted octanol–water partition coefficient (Wildman–Crippen LogP) is 5.45. The SMILES string of the molecule is Cc1cc(C)c(CNC(=O)c2c(C)n(C(C)c3ccc(Cl)cc3)c3ccccc23)c(=O)[nH]1. The molecule has 2 aromatic heterocycles. The maximum atomic E-state index is 13.3. The number of aromatic amines is 1. The monoisotopic (exact) mass is 447 g/mol. The van der Waals surface area contributed by atoms with Gasteiger partial charge >= 0.3 is 0 Å². The van der Waals surface area contributed by atoms with Crippen molar-refractivity contribution in [1.29, 1.82) is 0 Å². The molecule has 2 heterocycles. The van der Waals surface area contributed by atoms with Gasteiger partial charge in [0.2, 0.25) is 0 Å². The van der Waals surface area contributed by atoms with Crippen molar-refractivity contribution < 1.29 is 4.79 Å². The summed E-state index contributed by atoms with van der Waals surface area (Å²) in [6.07, 6.45) is 0. The fourth-order valence-corrected chi connectivity index (χ4v) is 4.55. The first-order chi connectivity index (χ1) is 15.3. The number of hydrogen-bond donors (Lipinski definition) is 2. The van der Waals surface area contributed by atoms with Crippen molar-refractivity contribution in [1.82, 2.24) is 14.9 Å². The van der Waals surface area contributed by atoms with Crippen LogP contribution in [0.4, 0.5) is 0 Å². The molecule has 0 bridgehead atoms. The number of carbonyl (C=O) groups excluding carboxylic acids is 1. The second-order valence-corrected chi connectivity index (χ2v) is 8.64. The molecule has 2 N–H and O–H groups in total. The molecule has 5 nitrogen and oxygen atoms in total. The minimum absolute atomic E-state index is 0.0147. The van der Waals surface area contributed by atoms with Gasteiger partial charge in [-0.05, 0) is 63.1 Å². The third kappa shape index (κ3) is 3.96. The average molecular weight is 448 g/mol. The van der Waals surface area contributed by atoms with Gasteiger partial charge in [-0.15, -0.1) is 0 Å². The normalized spacial score (nSPS) is 12.2. The van der Waals surface area contributed by atoms with Gasteiger partial charge in [0, 0.05) is 39.4 Å². The van der Waals surface area contributed by atoms with E-state index in [1.54, 1.807) is 0 Å². The summed E-state index contributed by atoms with van der Waals surface area (Å²) in [4.78, 5) is 28.5. The van der Waals surface area contributed by atoms with Gasteiger partial charge in [0.1, 0.15) is 0 Å². The number of pyridine rings is 1. The second-order valence-electron chi connectivity index (χ2n) is 8.20. The van der Waals surface area contributed by atoms with Crippen molar-refractivity contribution in [2.75, 3.05) is 0 Å². The van der Waals surface area contributed by atoms with E-state index in [1.165, 1.54) is 0 Å².